The van der Waals surface area contributed by atoms with Crippen molar-refractivity contribution in [3.05, 3.63) is 46.7 Å². The summed E-state index contributed by atoms with van der Waals surface area (Å²) >= 11 is 6.24. The quantitative estimate of drug-likeness (QED) is 0.612. The van der Waals surface area contributed by atoms with E-state index in [2.05, 4.69) is 20.5 Å². The highest BCUT2D eigenvalue weighted by Gasteiger charge is 2.30. The SMILES string of the molecule is N[C@@H]1CCS(=O)(=O)c2cc(C(=O)Nc3ccnc4[nH]ncc34)c(Cl)cc21. The van der Waals surface area contributed by atoms with Gasteiger partial charge in [-0.3, -0.25) is 9.89 Å². The molecule has 134 valence electrons. The zero-order valence-corrected chi connectivity index (χ0v) is 14.9. The van der Waals surface area contributed by atoms with Gasteiger partial charge in [-0.05, 0) is 30.2 Å². The molecule has 2 aromatic heterocycles. The third kappa shape index (κ3) is 2.74. The zero-order valence-electron chi connectivity index (χ0n) is 13.4. The monoisotopic (exact) mass is 391 g/mol. The van der Waals surface area contributed by atoms with Gasteiger partial charge in [-0.25, -0.2) is 13.4 Å². The van der Waals surface area contributed by atoms with E-state index in [1.807, 2.05) is 0 Å². The number of nitrogens with zero attached hydrogens (tertiary/aromatic N) is 2. The van der Waals surface area contributed by atoms with Gasteiger partial charge in [0.1, 0.15) is 0 Å². The molecule has 0 fully saturated rings. The van der Waals surface area contributed by atoms with E-state index in [1.165, 1.54) is 24.5 Å². The predicted octanol–water partition coefficient (Wildman–Crippen LogP) is 2.04. The number of H-pyrrole nitrogens is 1. The van der Waals surface area contributed by atoms with E-state index in [-0.39, 0.29) is 21.2 Å². The molecule has 1 atom stereocenters. The molecule has 1 aromatic carbocycles. The van der Waals surface area contributed by atoms with Crippen molar-refractivity contribution in [3.8, 4) is 0 Å². The summed E-state index contributed by atoms with van der Waals surface area (Å²) in [7, 11) is -3.49. The fourth-order valence-electron chi connectivity index (χ4n) is 3.00. The summed E-state index contributed by atoms with van der Waals surface area (Å²) in [6.07, 6.45) is 3.39. The number of amides is 1. The van der Waals surface area contributed by atoms with Crippen molar-refractivity contribution in [2.75, 3.05) is 11.1 Å². The highest BCUT2D eigenvalue weighted by Crippen LogP contribution is 2.35. The van der Waals surface area contributed by atoms with E-state index in [4.69, 9.17) is 17.3 Å². The van der Waals surface area contributed by atoms with Gasteiger partial charge in [-0.15, -0.1) is 0 Å². The van der Waals surface area contributed by atoms with Gasteiger partial charge >= 0.3 is 0 Å². The first-order valence-electron chi connectivity index (χ1n) is 7.78. The fourth-order valence-corrected chi connectivity index (χ4v) is 4.91. The van der Waals surface area contributed by atoms with E-state index >= 15 is 0 Å². The molecule has 4 rings (SSSR count). The molecule has 0 saturated heterocycles. The number of nitrogens with two attached hydrogens (primary N) is 1. The summed E-state index contributed by atoms with van der Waals surface area (Å²) in [6, 6.07) is 3.96. The molecule has 1 amide bonds. The standard InChI is InChI=1S/C16H14ClN5O3S/c17-11-5-9-12(18)2-4-26(24,25)14(9)6-8(11)16(23)21-13-1-3-19-15-10(13)7-20-22-15/h1,3,5-7,12H,2,4,18H2,(H2,19,20,21,22,23)/t12-/m1/s1. The molecule has 0 spiro atoms. The molecular weight excluding hydrogens is 378 g/mol. The summed E-state index contributed by atoms with van der Waals surface area (Å²) in [5, 5.41) is 10.1. The van der Waals surface area contributed by atoms with E-state index < -0.39 is 21.8 Å². The first-order valence-corrected chi connectivity index (χ1v) is 9.81. The number of aromatic amines is 1. The fraction of sp³-hybridized carbons (Fsp3) is 0.188. The van der Waals surface area contributed by atoms with Crippen LogP contribution < -0.4 is 11.1 Å². The molecule has 3 heterocycles. The molecule has 1 aliphatic heterocycles. The lowest BCUT2D eigenvalue weighted by molar-refractivity contribution is 0.102. The van der Waals surface area contributed by atoms with E-state index in [0.717, 1.165) is 0 Å². The van der Waals surface area contributed by atoms with Crippen molar-refractivity contribution in [3.63, 3.8) is 0 Å². The van der Waals surface area contributed by atoms with Gasteiger partial charge in [-0.1, -0.05) is 11.6 Å². The van der Waals surface area contributed by atoms with E-state index in [0.29, 0.717) is 28.7 Å². The minimum Gasteiger partial charge on any atom is -0.324 e. The van der Waals surface area contributed by atoms with Crippen LogP contribution >= 0.6 is 11.6 Å². The Morgan fingerprint density at radius 3 is 3.00 bits per heavy atom. The summed E-state index contributed by atoms with van der Waals surface area (Å²) in [5.74, 6) is -0.579. The Bertz CT molecular complexity index is 1140. The Labute approximate surface area is 153 Å². The van der Waals surface area contributed by atoms with Gasteiger partial charge in [0.15, 0.2) is 15.5 Å². The van der Waals surface area contributed by atoms with Crippen LogP contribution in [-0.4, -0.2) is 35.3 Å². The minimum absolute atomic E-state index is 0.0517. The lowest BCUT2D eigenvalue weighted by atomic mass is 10.0. The van der Waals surface area contributed by atoms with Crippen molar-refractivity contribution < 1.29 is 13.2 Å². The molecule has 26 heavy (non-hydrogen) atoms. The normalized spacial score (nSPS) is 18.5. The zero-order chi connectivity index (χ0) is 18.5. The van der Waals surface area contributed by atoms with Gasteiger partial charge in [0, 0.05) is 12.2 Å². The number of hydrogen-bond acceptors (Lipinski definition) is 6. The highest BCUT2D eigenvalue weighted by molar-refractivity contribution is 7.91. The van der Waals surface area contributed by atoms with Crippen molar-refractivity contribution in [1.29, 1.82) is 0 Å². The lowest BCUT2D eigenvalue weighted by Gasteiger charge is -2.23. The molecule has 0 unspecified atom stereocenters. The molecule has 10 heteroatoms. The van der Waals surface area contributed by atoms with Crippen LogP contribution in [0.1, 0.15) is 28.4 Å². The second-order valence-corrected chi connectivity index (χ2v) is 8.51. The Hall–Kier alpha value is -2.49. The molecule has 1 aliphatic rings. The van der Waals surface area contributed by atoms with E-state index in [1.54, 1.807) is 6.07 Å². The van der Waals surface area contributed by atoms with Crippen molar-refractivity contribution >= 4 is 44.1 Å². The van der Waals surface area contributed by atoms with Gasteiger partial charge in [0.2, 0.25) is 0 Å². The number of carbonyl (C=O) groups is 1. The molecule has 0 radical (unpaired) electrons. The van der Waals surface area contributed by atoms with Crippen LogP contribution in [0.3, 0.4) is 0 Å². The summed E-state index contributed by atoms with van der Waals surface area (Å²) in [6.45, 7) is 0. The maximum Gasteiger partial charge on any atom is 0.257 e. The number of pyridine rings is 1. The van der Waals surface area contributed by atoms with Crippen molar-refractivity contribution in [1.82, 2.24) is 15.2 Å². The number of carbonyl (C=O) groups excluding carboxylic acids is 1. The van der Waals surface area contributed by atoms with Gasteiger partial charge in [0.05, 0.1) is 38.5 Å². The Morgan fingerprint density at radius 1 is 1.38 bits per heavy atom. The predicted molar refractivity (Wildman–Crippen MR) is 96.9 cm³/mol. The largest absolute Gasteiger partial charge is 0.324 e. The molecule has 4 N–H and O–H groups in total. The van der Waals surface area contributed by atoms with Crippen LogP contribution in [0.5, 0.6) is 0 Å². The topological polar surface area (TPSA) is 131 Å². The first-order chi connectivity index (χ1) is 12.4. The Balaban J connectivity index is 1.76. The number of nitrogens with one attached hydrogen (secondary N) is 2. The number of rotatable bonds is 2. The minimum atomic E-state index is -3.49. The molecule has 8 nitrogen and oxygen atoms in total. The maximum atomic E-state index is 12.7. The number of anilines is 1. The van der Waals surface area contributed by atoms with Crippen LogP contribution in [0.4, 0.5) is 5.69 Å². The van der Waals surface area contributed by atoms with Crippen LogP contribution in [0, 0.1) is 0 Å². The smallest absolute Gasteiger partial charge is 0.257 e. The van der Waals surface area contributed by atoms with Crippen molar-refractivity contribution in [2.24, 2.45) is 5.73 Å². The van der Waals surface area contributed by atoms with Crippen molar-refractivity contribution in [2.45, 2.75) is 17.4 Å². The molecular formula is C16H14ClN5O3S. The number of benzene rings is 1. The van der Waals surface area contributed by atoms with Crippen LogP contribution in [-0.2, 0) is 9.84 Å². The van der Waals surface area contributed by atoms with E-state index in [9.17, 15) is 13.2 Å². The van der Waals surface area contributed by atoms with Gasteiger partial charge < -0.3 is 11.1 Å². The first kappa shape index (κ1) is 17.0. The number of halogens is 1. The summed E-state index contributed by atoms with van der Waals surface area (Å²) in [4.78, 5) is 16.9. The third-order valence-corrected chi connectivity index (χ3v) is 6.49. The Kier molecular flexibility index (Phi) is 3.94. The number of aromatic nitrogens is 3. The maximum absolute atomic E-state index is 12.7. The molecule has 0 aliphatic carbocycles. The van der Waals surface area contributed by atoms with Gasteiger partial charge in [-0.2, -0.15) is 5.10 Å². The molecule has 0 saturated carbocycles. The average Bonchev–Trinajstić information content (AvgIpc) is 3.08. The molecule has 3 aromatic rings. The van der Waals surface area contributed by atoms with Gasteiger partial charge in [0.25, 0.3) is 5.91 Å². The number of sulfone groups is 1. The third-order valence-electron chi connectivity index (χ3n) is 4.38. The van der Waals surface area contributed by atoms with Crippen LogP contribution in [0.15, 0.2) is 35.5 Å². The number of hydrogen-bond donors (Lipinski definition) is 3. The number of fused-ring (bicyclic) bond motifs is 2. The second-order valence-electron chi connectivity index (χ2n) is 6.03. The average molecular weight is 392 g/mol. The Morgan fingerprint density at radius 2 is 2.19 bits per heavy atom. The van der Waals surface area contributed by atoms with Crippen LogP contribution in [0.25, 0.3) is 11.0 Å². The summed E-state index contributed by atoms with van der Waals surface area (Å²) in [5.41, 5.74) is 7.51. The highest BCUT2D eigenvalue weighted by atomic mass is 35.5. The molecule has 0 bridgehead atoms. The lowest BCUT2D eigenvalue weighted by Crippen LogP contribution is -2.26. The second kappa shape index (κ2) is 6.04. The summed E-state index contributed by atoms with van der Waals surface area (Å²) < 4.78 is 24.7. The van der Waals surface area contributed by atoms with Crippen LogP contribution in [0.2, 0.25) is 5.02 Å².